The summed E-state index contributed by atoms with van der Waals surface area (Å²) in [6.45, 7) is 6.00. The third-order valence-corrected chi connectivity index (χ3v) is 2.56. The molecule has 1 heterocycles. The third kappa shape index (κ3) is 4.35. The molecule has 0 fully saturated rings. The number of hydrogen-bond acceptors (Lipinski definition) is 4. The SMILES string of the molecule is C=C.O=C(O)Cc1nc(-c2cc(F)cc(F)c2)nn1SF. The van der Waals surface area contributed by atoms with E-state index in [0.717, 1.165) is 12.1 Å². The Labute approximate surface area is 122 Å². The Hall–Kier alpha value is -2.29. The van der Waals surface area contributed by atoms with Gasteiger partial charge in [0.15, 0.2) is 24.0 Å². The van der Waals surface area contributed by atoms with Gasteiger partial charge in [0.2, 0.25) is 0 Å². The number of halogens is 3. The van der Waals surface area contributed by atoms with Crippen LogP contribution >= 0.6 is 12.3 Å². The molecule has 21 heavy (non-hydrogen) atoms. The molecule has 2 rings (SSSR count). The molecule has 0 spiro atoms. The third-order valence-electron chi connectivity index (χ3n) is 2.14. The second kappa shape index (κ2) is 7.48. The molecule has 9 heteroatoms. The van der Waals surface area contributed by atoms with Crippen LogP contribution in [0.25, 0.3) is 11.4 Å². The number of nitrogens with zero attached hydrogens (tertiary/aromatic N) is 3. The van der Waals surface area contributed by atoms with E-state index in [9.17, 15) is 17.5 Å². The maximum absolute atomic E-state index is 13.0. The van der Waals surface area contributed by atoms with Gasteiger partial charge in [-0.15, -0.1) is 22.1 Å². The number of benzene rings is 1. The summed E-state index contributed by atoms with van der Waals surface area (Å²) >= 11 is -0.346. The molecule has 0 saturated carbocycles. The first-order valence-electron chi connectivity index (χ1n) is 5.43. The van der Waals surface area contributed by atoms with E-state index in [1.165, 1.54) is 0 Å². The van der Waals surface area contributed by atoms with Crippen LogP contribution in [-0.4, -0.2) is 25.2 Å². The van der Waals surface area contributed by atoms with Crippen molar-refractivity contribution in [1.29, 1.82) is 0 Å². The summed E-state index contributed by atoms with van der Waals surface area (Å²) in [7, 11) is 0. The van der Waals surface area contributed by atoms with Crippen molar-refractivity contribution < 1.29 is 22.6 Å². The van der Waals surface area contributed by atoms with Crippen LogP contribution in [0.15, 0.2) is 31.4 Å². The normalized spacial score (nSPS) is 9.86. The lowest BCUT2D eigenvalue weighted by Crippen LogP contribution is -2.05. The minimum atomic E-state index is -1.22. The van der Waals surface area contributed by atoms with E-state index in [1.54, 1.807) is 0 Å². The number of aliphatic carboxylic acids is 1. The summed E-state index contributed by atoms with van der Waals surface area (Å²) in [5.41, 5.74) is -0.00283. The second-order valence-electron chi connectivity index (χ2n) is 3.52. The summed E-state index contributed by atoms with van der Waals surface area (Å²) in [5, 5.41) is 12.3. The van der Waals surface area contributed by atoms with Gasteiger partial charge < -0.3 is 5.11 Å². The largest absolute Gasteiger partial charge is 0.481 e. The zero-order valence-electron chi connectivity index (χ0n) is 10.6. The van der Waals surface area contributed by atoms with Crippen LogP contribution in [0, 0.1) is 11.6 Å². The minimum Gasteiger partial charge on any atom is -0.481 e. The highest BCUT2D eigenvalue weighted by atomic mass is 32.2. The van der Waals surface area contributed by atoms with Crippen molar-refractivity contribution in [3.63, 3.8) is 0 Å². The summed E-state index contributed by atoms with van der Waals surface area (Å²) < 4.78 is 39.3. The van der Waals surface area contributed by atoms with Gasteiger partial charge in [0.1, 0.15) is 18.1 Å². The second-order valence-corrected chi connectivity index (χ2v) is 4.01. The first-order chi connectivity index (χ1) is 9.99. The summed E-state index contributed by atoms with van der Waals surface area (Å²) in [4.78, 5) is 14.3. The maximum Gasteiger partial charge on any atom is 0.311 e. The van der Waals surface area contributed by atoms with Crippen molar-refractivity contribution >= 4 is 18.3 Å². The molecule has 1 aromatic heterocycles. The number of hydrogen-bond donors (Lipinski definition) is 1. The lowest BCUT2D eigenvalue weighted by Gasteiger charge is -1.96. The number of aromatic nitrogens is 3. The van der Waals surface area contributed by atoms with Gasteiger partial charge >= 0.3 is 5.97 Å². The Balaban J connectivity index is 0.00000106. The molecule has 0 aliphatic rings. The van der Waals surface area contributed by atoms with E-state index in [2.05, 4.69) is 23.2 Å². The highest BCUT2D eigenvalue weighted by Gasteiger charge is 2.16. The first kappa shape index (κ1) is 16.8. The van der Waals surface area contributed by atoms with Crippen LogP contribution in [0.2, 0.25) is 0 Å². The smallest absolute Gasteiger partial charge is 0.311 e. The van der Waals surface area contributed by atoms with E-state index in [4.69, 9.17) is 5.11 Å². The zero-order chi connectivity index (χ0) is 16.0. The van der Waals surface area contributed by atoms with E-state index >= 15 is 0 Å². The van der Waals surface area contributed by atoms with Crippen molar-refractivity contribution in [2.45, 2.75) is 6.42 Å². The van der Waals surface area contributed by atoms with Crippen LogP contribution in [0.5, 0.6) is 0 Å². The Bertz CT molecular complexity index is 628. The molecular formula is C12H10F3N3O2S. The van der Waals surface area contributed by atoms with Gasteiger partial charge in [-0.3, -0.25) is 4.79 Å². The number of carboxylic acid groups (broad SMARTS) is 1. The van der Waals surface area contributed by atoms with E-state index < -0.39 is 24.0 Å². The molecule has 112 valence electrons. The molecule has 0 bridgehead atoms. The Morgan fingerprint density at radius 1 is 1.29 bits per heavy atom. The van der Waals surface area contributed by atoms with Gasteiger partial charge in [-0.2, -0.15) is 4.09 Å². The molecule has 0 aliphatic carbocycles. The molecule has 0 amide bonds. The molecule has 1 aromatic carbocycles. The van der Waals surface area contributed by atoms with Crippen molar-refractivity contribution in [2.24, 2.45) is 0 Å². The molecule has 2 aromatic rings. The summed E-state index contributed by atoms with van der Waals surface area (Å²) in [6, 6.07) is 2.61. The zero-order valence-corrected chi connectivity index (χ0v) is 11.4. The topological polar surface area (TPSA) is 68.0 Å². The van der Waals surface area contributed by atoms with Crippen LogP contribution in [0.4, 0.5) is 12.7 Å². The fraction of sp³-hybridized carbons (Fsp3) is 0.0833. The van der Waals surface area contributed by atoms with Gasteiger partial charge in [-0.25, -0.2) is 13.8 Å². The molecule has 1 N–H and O–H groups in total. The van der Waals surface area contributed by atoms with Crippen LogP contribution in [0.1, 0.15) is 5.82 Å². The van der Waals surface area contributed by atoms with Crippen LogP contribution < -0.4 is 0 Å². The van der Waals surface area contributed by atoms with E-state index in [0.29, 0.717) is 10.2 Å². The average molecular weight is 317 g/mol. The molecule has 0 unspecified atom stereocenters. The first-order valence-corrected chi connectivity index (χ1v) is 6.10. The number of rotatable bonds is 4. The fourth-order valence-electron chi connectivity index (χ4n) is 1.43. The van der Waals surface area contributed by atoms with Gasteiger partial charge in [0.25, 0.3) is 0 Å². The molecular weight excluding hydrogens is 307 g/mol. The Morgan fingerprint density at radius 3 is 2.33 bits per heavy atom. The number of carbonyl (C=O) groups is 1. The highest BCUT2D eigenvalue weighted by molar-refractivity contribution is 7.92. The van der Waals surface area contributed by atoms with Gasteiger partial charge in [-0.1, -0.05) is 0 Å². The number of carboxylic acids is 1. The van der Waals surface area contributed by atoms with Crippen molar-refractivity contribution in [3.8, 4) is 11.4 Å². The van der Waals surface area contributed by atoms with Crippen molar-refractivity contribution in [1.82, 2.24) is 14.2 Å². The van der Waals surface area contributed by atoms with E-state index in [1.807, 2.05) is 0 Å². The standard InChI is InChI=1S/C10H6F3N3O2S.C2H4/c11-6-1-5(2-7(12)3-6)10-14-8(4-9(17)18)16(15-10)19-13;1-2/h1-3H,4H2,(H,17,18);1-2H2. The predicted octanol–water partition coefficient (Wildman–Crippen LogP) is 3.03. The molecule has 0 atom stereocenters. The average Bonchev–Trinajstić information content (AvgIpc) is 2.82. The lowest BCUT2D eigenvalue weighted by molar-refractivity contribution is -0.136. The molecule has 5 nitrogen and oxygen atoms in total. The summed E-state index contributed by atoms with van der Waals surface area (Å²) in [5.74, 6) is -3.21. The quantitative estimate of drug-likeness (QED) is 0.878. The van der Waals surface area contributed by atoms with Gasteiger partial charge in [0.05, 0.1) is 0 Å². The predicted molar refractivity (Wildman–Crippen MR) is 72.1 cm³/mol. The molecule has 0 saturated heterocycles. The van der Waals surface area contributed by atoms with Crippen LogP contribution in [0.3, 0.4) is 0 Å². The summed E-state index contributed by atoms with van der Waals surface area (Å²) in [6.07, 6.45) is -0.554. The maximum atomic E-state index is 13.0. The Kier molecular flexibility index (Phi) is 5.97. The van der Waals surface area contributed by atoms with Crippen LogP contribution in [-0.2, 0) is 11.2 Å². The highest BCUT2D eigenvalue weighted by Crippen LogP contribution is 2.21. The fourth-order valence-corrected chi connectivity index (χ4v) is 1.73. The lowest BCUT2D eigenvalue weighted by atomic mass is 10.2. The van der Waals surface area contributed by atoms with E-state index in [-0.39, 0.29) is 29.5 Å². The monoisotopic (exact) mass is 317 g/mol. The molecule has 0 aliphatic heterocycles. The van der Waals surface area contributed by atoms with Crippen molar-refractivity contribution in [3.05, 3.63) is 48.8 Å². The minimum absolute atomic E-state index is 0.00283. The van der Waals surface area contributed by atoms with Gasteiger partial charge in [0, 0.05) is 11.6 Å². The van der Waals surface area contributed by atoms with Crippen molar-refractivity contribution in [2.75, 3.05) is 0 Å². The van der Waals surface area contributed by atoms with Gasteiger partial charge in [-0.05, 0) is 12.1 Å². The Morgan fingerprint density at radius 2 is 1.86 bits per heavy atom. The molecule has 0 radical (unpaired) electrons.